The fourth-order valence-corrected chi connectivity index (χ4v) is 6.63. The number of hydrogen-bond donors (Lipinski definition) is 1. The molecule has 1 heterocycles. The van der Waals surface area contributed by atoms with Crippen LogP contribution in [0.3, 0.4) is 0 Å². The summed E-state index contributed by atoms with van der Waals surface area (Å²) in [6.45, 7) is 2.20. The third kappa shape index (κ3) is 6.22. The fraction of sp³-hybridized carbons (Fsp3) is 0.259. The zero-order valence-electron chi connectivity index (χ0n) is 20.0. The molecule has 37 heavy (non-hydrogen) atoms. The monoisotopic (exact) mass is 606 g/mol. The SMILES string of the molecule is Cc1ccc(C(NC(=O)C(=O)N2CCC(S(=O)(=O)c3ccc(Br)cc3)CC2)c2ccc(F)cc2Cl)cc1. The average Bonchev–Trinajstić information content (AvgIpc) is 2.88. The maximum absolute atomic E-state index is 13.7. The lowest BCUT2D eigenvalue weighted by molar-refractivity contribution is -0.146. The van der Waals surface area contributed by atoms with Crippen LogP contribution in [-0.2, 0) is 19.4 Å². The second-order valence-corrected chi connectivity index (χ2v) is 12.5. The number of halogens is 3. The lowest BCUT2D eigenvalue weighted by Gasteiger charge is -2.32. The van der Waals surface area contributed by atoms with Crippen LogP contribution in [0.1, 0.15) is 35.6 Å². The molecular weight excluding hydrogens is 583 g/mol. The Morgan fingerprint density at radius 2 is 1.65 bits per heavy atom. The predicted molar refractivity (Wildman–Crippen MR) is 144 cm³/mol. The number of nitrogens with one attached hydrogen (secondary N) is 1. The highest BCUT2D eigenvalue weighted by Crippen LogP contribution is 2.30. The average molecular weight is 608 g/mol. The Morgan fingerprint density at radius 3 is 2.24 bits per heavy atom. The molecule has 1 N–H and O–H groups in total. The number of hydrogen-bond acceptors (Lipinski definition) is 4. The van der Waals surface area contributed by atoms with Crippen molar-refractivity contribution in [2.45, 2.75) is 36.0 Å². The summed E-state index contributed by atoms with van der Waals surface area (Å²) >= 11 is 9.59. The minimum absolute atomic E-state index is 0.122. The lowest BCUT2D eigenvalue weighted by Crippen LogP contribution is -2.49. The van der Waals surface area contributed by atoms with Crippen LogP contribution in [0.2, 0.25) is 5.02 Å². The minimum atomic E-state index is -3.56. The topological polar surface area (TPSA) is 83.6 Å². The number of amides is 2. The summed E-state index contributed by atoms with van der Waals surface area (Å²) in [5.74, 6) is -2.12. The van der Waals surface area contributed by atoms with Crippen molar-refractivity contribution in [3.05, 3.63) is 98.7 Å². The van der Waals surface area contributed by atoms with Gasteiger partial charge >= 0.3 is 11.8 Å². The van der Waals surface area contributed by atoms with Crippen molar-refractivity contribution in [2.24, 2.45) is 0 Å². The number of sulfone groups is 1. The van der Waals surface area contributed by atoms with E-state index in [-0.39, 0.29) is 35.8 Å². The van der Waals surface area contributed by atoms with Crippen LogP contribution in [0, 0.1) is 12.7 Å². The quantitative estimate of drug-likeness (QED) is 0.403. The predicted octanol–water partition coefficient (Wildman–Crippen LogP) is 5.22. The number of nitrogens with zero attached hydrogens (tertiary/aromatic N) is 1. The summed E-state index contributed by atoms with van der Waals surface area (Å²) < 4.78 is 40.5. The molecule has 1 unspecified atom stereocenters. The molecular formula is C27H25BrClFN2O4S. The molecule has 194 valence electrons. The minimum Gasteiger partial charge on any atom is -0.337 e. The highest BCUT2D eigenvalue weighted by atomic mass is 79.9. The molecule has 2 amide bonds. The van der Waals surface area contributed by atoms with E-state index in [1.807, 2.05) is 31.2 Å². The first kappa shape index (κ1) is 27.3. The molecule has 3 aromatic carbocycles. The summed E-state index contributed by atoms with van der Waals surface area (Å²) in [6.07, 6.45) is 0.450. The second kappa shape index (κ2) is 11.3. The number of carbonyl (C=O) groups excluding carboxylic acids is 2. The molecule has 1 saturated heterocycles. The number of aryl methyl sites for hydroxylation is 1. The molecule has 4 rings (SSSR count). The van der Waals surface area contributed by atoms with Crippen LogP contribution in [0.25, 0.3) is 0 Å². The summed E-state index contributed by atoms with van der Waals surface area (Å²) in [7, 11) is -3.56. The Bertz CT molecular complexity index is 1410. The molecule has 6 nitrogen and oxygen atoms in total. The van der Waals surface area contributed by atoms with Crippen molar-refractivity contribution in [3.8, 4) is 0 Å². The van der Waals surface area contributed by atoms with E-state index in [2.05, 4.69) is 21.2 Å². The third-order valence-corrected chi connectivity index (χ3v) is 9.60. The largest absolute Gasteiger partial charge is 0.337 e. The summed E-state index contributed by atoms with van der Waals surface area (Å²) in [4.78, 5) is 27.6. The Kier molecular flexibility index (Phi) is 8.36. The van der Waals surface area contributed by atoms with Gasteiger partial charge in [0.25, 0.3) is 0 Å². The smallest absolute Gasteiger partial charge is 0.311 e. The van der Waals surface area contributed by atoms with Crippen LogP contribution >= 0.6 is 27.5 Å². The molecule has 1 aliphatic rings. The zero-order chi connectivity index (χ0) is 26.7. The molecule has 0 aromatic heterocycles. The standard InChI is InChI=1S/C27H25BrClFN2O4S/c1-17-2-4-18(5-3-17)25(23-11-8-20(30)16-24(23)29)31-26(33)27(34)32-14-12-22(13-15-32)37(35,36)21-9-6-19(28)7-10-21/h2-11,16,22,25H,12-15H2,1H3,(H,31,33). The van der Waals surface area contributed by atoms with E-state index in [1.54, 1.807) is 24.3 Å². The summed E-state index contributed by atoms with van der Waals surface area (Å²) in [6, 6.07) is 16.9. The van der Waals surface area contributed by atoms with Gasteiger partial charge in [0, 0.05) is 22.6 Å². The van der Waals surface area contributed by atoms with Crippen molar-refractivity contribution in [3.63, 3.8) is 0 Å². The van der Waals surface area contributed by atoms with Gasteiger partial charge in [-0.3, -0.25) is 9.59 Å². The Hall–Kier alpha value is -2.75. The van der Waals surface area contributed by atoms with E-state index >= 15 is 0 Å². The van der Waals surface area contributed by atoms with Crippen LogP contribution < -0.4 is 5.32 Å². The summed E-state index contributed by atoms with van der Waals surface area (Å²) in [5.41, 5.74) is 2.14. The van der Waals surface area contributed by atoms with Crippen LogP contribution in [0.15, 0.2) is 76.1 Å². The van der Waals surface area contributed by atoms with Crippen LogP contribution in [0.4, 0.5) is 4.39 Å². The second-order valence-electron chi connectivity index (χ2n) is 8.97. The van der Waals surface area contributed by atoms with E-state index < -0.39 is 38.8 Å². The molecule has 10 heteroatoms. The van der Waals surface area contributed by atoms with Gasteiger partial charge in [0.15, 0.2) is 9.84 Å². The van der Waals surface area contributed by atoms with E-state index in [0.29, 0.717) is 11.1 Å². The molecule has 0 bridgehead atoms. The Balaban J connectivity index is 1.47. The maximum atomic E-state index is 13.7. The van der Waals surface area contributed by atoms with Crippen molar-refractivity contribution in [2.75, 3.05) is 13.1 Å². The van der Waals surface area contributed by atoms with Gasteiger partial charge in [-0.25, -0.2) is 12.8 Å². The molecule has 0 spiro atoms. The number of carbonyl (C=O) groups is 2. The number of rotatable bonds is 5. The number of likely N-dealkylation sites (tertiary alicyclic amines) is 1. The first-order chi connectivity index (χ1) is 17.6. The van der Waals surface area contributed by atoms with Crippen LogP contribution in [-0.4, -0.2) is 43.5 Å². The first-order valence-electron chi connectivity index (χ1n) is 11.7. The Labute approximate surface area is 228 Å². The van der Waals surface area contributed by atoms with Crippen LogP contribution in [0.5, 0.6) is 0 Å². The molecule has 0 aliphatic carbocycles. The highest BCUT2D eigenvalue weighted by Gasteiger charge is 2.35. The lowest BCUT2D eigenvalue weighted by atomic mass is 9.97. The van der Waals surface area contributed by atoms with Gasteiger partial charge in [0.1, 0.15) is 5.82 Å². The van der Waals surface area contributed by atoms with Gasteiger partial charge in [0.2, 0.25) is 0 Å². The third-order valence-electron chi connectivity index (χ3n) is 6.46. The van der Waals surface area contributed by atoms with Gasteiger partial charge < -0.3 is 10.2 Å². The fourth-order valence-electron chi connectivity index (χ4n) is 4.36. The van der Waals surface area contributed by atoms with Gasteiger partial charge in [0.05, 0.1) is 16.2 Å². The van der Waals surface area contributed by atoms with Gasteiger partial charge in [-0.05, 0) is 67.3 Å². The number of piperidine rings is 1. The molecule has 1 fully saturated rings. The highest BCUT2D eigenvalue weighted by molar-refractivity contribution is 9.10. The van der Waals surface area contributed by atoms with Crippen molar-refractivity contribution >= 4 is 49.2 Å². The van der Waals surface area contributed by atoms with E-state index in [9.17, 15) is 22.4 Å². The molecule has 1 aliphatic heterocycles. The summed E-state index contributed by atoms with van der Waals surface area (Å²) in [5, 5.41) is 2.22. The zero-order valence-corrected chi connectivity index (χ0v) is 23.1. The van der Waals surface area contributed by atoms with Crippen molar-refractivity contribution in [1.82, 2.24) is 10.2 Å². The molecule has 1 atom stereocenters. The molecule has 0 saturated carbocycles. The van der Waals surface area contributed by atoms with Gasteiger partial charge in [-0.15, -0.1) is 0 Å². The van der Waals surface area contributed by atoms with E-state index in [4.69, 9.17) is 11.6 Å². The number of benzene rings is 3. The normalized spacial score (nSPS) is 15.3. The van der Waals surface area contributed by atoms with Gasteiger partial charge in [-0.2, -0.15) is 0 Å². The van der Waals surface area contributed by atoms with Crippen molar-refractivity contribution < 1.29 is 22.4 Å². The molecule has 0 radical (unpaired) electrons. The van der Waals surface area contributed by atoms with E-state index in [1.165, 1.54) is 17.0 Å². The van der Waals surface area contributed by atoms with Gasteiger partial charge in [-0.1, -0.05) is 63.4 Å². The maximum Gasteiger partial charge on any atom is 0.311 e. The van der Waals surface area contributed by atoms with E-state index in [0.717, 1.165) is 16.1 Å². The molecule has 3 aromatic rings. The van der Waals surface area contributed by atoms with Crippen molar-refractivity contribution in [1.29, 1.82) is 0 Å². The first-order valence-corrected chi connectivity index (χ1v) is 14.4. The Morgan fingerprint density at radius 1 is 1.03 bits per heavy atom.